The van der Waals surface area contributed by atoms with Gasteiger partial charge >= 0.3 is 0 Å². The number of benzene rings is 1. The summed E-state index contributed by atoms with van der Waals surface area (Å²) in [5, 5.41) is 12.3. The predicted octanol–water partition coefficient (Wildman–Crippen LogP) is 0.534. The molecule has 2 amide bonds. The smallest absolute Gasteiger partial charge is 0.254 e. The van der Waals surface area contributed by atoms with Crippen LogP contribution in [-0.4, -0.2) is 48.1 Å². The number of carbonyl (C=O) groups excluding carboxylic acids is 2. The van der Waals surface area contributed by atoms with Crippen molar-refractivity contribution in [1.29, 1.82) is 0 Å². The zero-order valence-electron chi connectivity index (χ0n) is 11.5. The van der Waals surface area contributed by atoms with Gasteiger partial charge in [-0.25, -0.2) is 8.78 Å². The molecule has 1 aromatic rings. The van der Waals surface area contributed by atoms with Crippen molar-refractivity contribution in [3.63, 3.8) is 0 Å². The number of β-amino-alcohol motifs (C(OH)–C–C–N with tert-alkyl or cyclic N) is 1. The topological polar surface area (TPSA) is 69.6 Å². The molecule has 2 rings (SSSR count). The number of likely N-dealkylation sites (tertiary alicyclic amines) is 1. The Labute approximate surface area is 120 Å². The Kier molecular flexibility index (Phi) is 4.52. The second-order valence-corrected chi connectivity index (χ2v) is 5.04. The molecular formula is C14H16F2N2O3. The van der Waals surface area contributed by atoms with E-state index in [1.54, 1.807) is 0 Å². The molecule has 0 aliphatic carbocycles. The molecule has 1 aliphatic heterocycles. The predicted molar refractivity (Wildman–Crippen MR) is 70.4 cm³/mol. The molecule has 1 aromatic carbocycles. The summed E-state index contributed by atoms with van der Waals surface area (Å²) in [4.78, 5) is 24.8. The Hall–Kier alpha value is -2.02. The number of carbonyl (C=O) groups is 2. The van der Waals surface area contributed by atoms with Gasteiger partial charge in [0.05, 0.1) is 6.10 Å². The molecule has 0 bridgehead atoms. The Morgan fingerprint density at radius 3 is 2.67 bits per heavy atom. The molecule has 1 heterocycles. The molecule has 1 fully saturated rings. The van der Waals surface area contributed by atoms with Gasteiger partial charge in [0.2, 0.25) is 5.91 Å². The van der Waals surface area contributed by atoms with E-state index in [4.69, 9.17) is 0 Å². The van der Waals surface area contributed by atoms with Crippen LogP contribution in [0.3, 0.4) is 0 Å². The fourth-order valence-corrected chi connectivity index (χ4v) is 2.37. The highest BCUT2D eigenvalue weighted by molar-refractivity contribution is 5.94. The molecule has 7 heteroatoms. The Bertz CT molecular complexity index is 565. The van der Waals surface area contributed by atoms with Crippen LogP contribution < -0.4 is 5.32 Å². The van der Waals surface area contributed by atoms with Crippen LogP contribution in [0.1, 0.15) is 16.8 Å². The molecule has 114 valence electrons. The quantitative estimate of drug-likeness (QED) is 0.855. The van der Waals surface area contributed by atoms with Gasteiger partial charge in [0.1, 0.15) is 0 Å². The Morgan fingerprint density at radius 2 is 2.05 bits per heavy atom. The van der Waals surface area contributed by atoms with Gasteiger partial charge in [0.25, 0.3) is 5.91 Å². The van der Waals surface area contributed by atoms with E-state index < -0.39 is 23.6 Å². The second kappa shape index (κ2) is 6.17. The highest BCUT2D eigenvalue weighted by atomic mass is 19.2. The molecule has 0 spiro atoms. The van der Waals surface area contributed by atoms with Gasteiger partial charge in [-0.1, -0.05) is 0 Å². The number of amides is 2. The summed E-state index contributed by atoms with van der Waals surface area (Å²) in [7, 11) is 1.49. The lowest BCUT2D eigenvalue weighted by Crippen LogP contribution is -2.30. The van der Waals surface area contributed by atoms with E-state index in [9.17, 15) is 23.5 Å². The lowest BCUT2D eigenvalue weighted by atomic mass is 10.0. The van der Waals surface area contributed by atoms with Gasteiger partial charge in [-0.3, -0.25) is 9.59 Å². The number of hydrogen-bond donors (Lipinski definition) is 2. The fourth-order valence-electron chi connectivity index (χ4n) is 2.37. The number of hydrogen-bond acceptors (Lipinski definition) is 3. The summed E-state index contributed by atoms with van der Waals surface area (Å²) in [6.45, 7) is 0.270. The molecule has 2 N–H and O–H groups in total. The summed E-state index contributed by atoms with van der Waals surface area (Å²) in [5.41, 5.74) is 0.0155. The average Bonchev–Trinajstić information content (AvgIpc) is 2.82. The SMILES string of the molecule is CNC(=O)C[C@H]1CN(C(=O)c2ccc(F)c(F)c2)C[C@@H]1O. The second-order valence-electron chi connectivity index (χ2n) is 5.04. The first-order chi connectivity index (χ1) is 9.92. The summed E-state index contributed by atoms with van der Waals surface area (Å²) in [6, 6.07) is 2.91. The van der Waals surface area contributed by atoms with Gasteiger partial charge in [0.15, 0.2) is 11.6 Å². The van der Waals surface area contributed by atoms with Crippen molar-refractivity contribution in [2.75, 3.05) is 20.1 Å². The maximum absolute atomic E-state index is 13.1. The molecular weight excluding hydrogens is 282 g/mol. The third kappa shape index (κ3) is 3.36. The number of nitrogens with one attached hydrogen (secondary N) is 1. The van der Waals surface area contributed by atoms with Crippen LogP contribution in [0.15, 0.2) is 18.2 Å². The van der Waals surface area contributed by atoms with Crippen LogP contribution in [-0.2, 0) is 4.79 Å². The van der Waals surface area contributed by atoms with E-state index in [0.717, 1.165) is 12.1 Å². The maximum atomic E-state index is 13.1. The van der Waals surface area contributed by atoms with Crippen molar-refractivity contribution in [3.8, 4) is 0 Å². The average molecular weight is 298 g/mol. The minimum absolute atomic E-state index is 0.0155. The largest absolute Gasteiger partial charge is 0.391 e. The van der Waals surface area contributed by atoms with Crippen LogP contribution in [0.2, 0.25) is 0 Å². The lowest BCUT2D eigenvalue weighted by Gasteiger charge is -2.16. The summed E-state index contributed by atoms with van der Waals surface area (Å²) in [5.74, 6) is -3.19. The fraction of sp³-hybridized carbons (Fsp3) is 0.429. The minimum Gasteiger partial charge on any atom is -0.391 e. The molecule has 2 atom stereocenters. The van der Waals surface area contributed by atoms with Crippen molar-refractivity contribution >= 4 is 11.8 Å². The van der Waals surface area contributed by atoms with Gasteiger partial charge in [-0.15, -0.1) is 0 Å². The summed E-state index contributed by atoms with van der Waals surface area (Å²) in [6.07, 6.45) is -0.698. The van der Waals surface area contributed by atoms with Crippen LogP contribution in [0.25, 0.3) is 0 Å². The first-order valence-corrected chi connectivity index (χ1v) is 6.55. The first-order valence-electron chi connectivity index (χ1n) is 6.55. The Balaban J connectivity index is 2.07. The van der Waals surface area contributed by atoms with Crippen LogP contribution in [0, 0.1) is 17.6 Å². The third-order valence-corrected chi connectivity index (χ3v) is 3.59. The number of nitrogens with zero attached hydrogens (tertiary/aromatic N) is 1. The van der Waals surface area contributed by atoms with Gasteiger partial charge in [0, 0.05) is 38.0 Å². The van der Waals surface area contributed by atoms with Crippen molar-refractivity contribution in [3.05, 3.63) is 35.4 Å². The van der Waals surface area contributed by atoms with E-state index in [0.29, 0.717) is 0 Å². The zero-order valence-corrected chi connectivity index (χ0v) is 11.5. The van der Waals surface area contributed by atoms with Crippen LogP contribution >= 0.6 is 0 Å². The van der Waals surface area contributed by atoms with Gasteiger partial charge < -0.3 is 15.3 Å². The van der Waals surface area contributed by atoms with E-state index in [-0.39, 0.29) is 36.9 Å². The van der Waals surface area contributed by atoms with Crippen LogP contribution in [0.5, 0.6) is 0 Å². The van der Waals surface area contributed by atoms with E-state index in [1.165, 1.54) is 18.0 Å². The first kappa shape index (κ1) is 15.4. The van der Waals surface area contributed by atoms with Crippen molar-refractivity contribution in [2.45, 2.75) is 12.5 Å². The zero-order chi connectivity index (χ0) is 15.6. The highest BCUT2D eigenvalue weighted by Gasteiger charge is 2.35. The molecule has 0 radical (unpaired) electrons. The van der Waals surface area contributed by atoms with E-state index >= 15 is 0 Å². The van der Waals surface area contributed by atoms with Crippen molar-refractivity contribution in [1.82, 2.24) is 10.2 Å². The molecule has 0 unspecified atom stereocenters. The minimum atomic E-state index is -1.09. The molecule has 0 aromatic heterocycles. The number of aliphatic hydroxyl groups is 1. The third-order valence-electron chi connectivity index (χ3n) is 3.59. The molecule has 0 saturated carbocycles. The normalized spacial score (nSPS) is 21.4. The molecule has 21 heavy (non-hydrogen) atoms. The molecule has 1 saturated heterocycles. The Morgan fingerprint density at radius 1 is 1.33 bits per heavy atom. The highest BCUT2D eigenvalue weighted by Crippen LogP contribution is 2.22. The number of aliphatic hydroxyl groups excluding tert-OH is 1. The standard InChI is InChI=1S/C14H16F2N2O3/c1-17-13(20)5-9-6-18(7-12(9)19)14(21)8-2-3-10(15)11(16)4-8/h2-4,9,12,19H,5-7H2,1H3,(H,17,20)/t9-,12-/m0/s1. The monoisotopic (exact) mass is 298 g/mol. The summed E-state index contributed by atoms with van der Waals surface area (Å²) >= 11 is 0. The molecule has 5 nitrogen and oxygen atoms in total. The number of halogens is 2. The van der Waals surface area contributed by atoms with Crippen molar-refractivity contribution in [2.24, 2.45) is 5.92 Å². The van der Waals surface area contributed by atoms with E-state index in [2.05, 4.69) is 5.32 Å². The summed E-state index contributed by atoms with van der Waals surface area (Å²) < 4.78 is 26.0. The van der Waals surface area contributed by atoms with Gasteiger partial charge in [-0.05, 0) is 18.2 Å². The van der Waals surface area contributed by atoms with Gasteiger partial charge in [-0.2, -0.15) is 0 Å². The number of rotatable bonds is 3. The van der Waals surface area contributed by atoms with E-state index in [1.807, 2.05) is 0 Å². The van der Waals surface area contributed by atoms with Crippen LogP contribution in [0.4, 0.5) is 8.78 Å². The lowest BCUT2D eigenvalue weighted by molar-refractivity contribution is -0.122. The van der Waals surface area contributed by atoms with Crippen molar-refractivity contribution < 1.29 is 23.5 Å². The maximum Gasteiger partial charge on any atom is 0.254 e. The molecule has 1 aliphatic rings.